The summed E-state index contributed by atoms with van der Waals surface area (Å²) in [5.74, 6) is 2.55. The molecule has 1 aromatic heterocycles. The number of ether oxygens (including phenoxy) is 1. The summed E-state index contributed by atoms with van der Waals surface area (Å²) in [6, 6.07) is 11.5. The molecule has 29 heavy (non-hydrogen) atoms. The van der Waals surface area contributed by atoms with Gasteiger partial charge in [-0.2, -0.15) is 4.98 Å². The van der Waals surface area contributed by atoms with E-state index in [2.05, 4.69) is 20.9 Å². The SMILES string of the molecule is Cc1cc(N2CCCCC2)nc(N2CCN(C(=O)COc3ccccc3)CC2)n1. The number of piperidine rings is 1. The molecule has 3 heterocycles. The maximum absolute atomic E-state index is 12.5. The molecule has 0 aliphatic carbocycles. The zero-order valence-corrected chi connectivity index (χ0v) is 17.1. The minimum absolute atomic E-state index is 0.0210. The highest BCUT2D eigenvalue weighted by Gasteiger charge is 2.24. The number of amides is 1. The Kier molecular flexibility index (Phi) is 6.12. The number of hydrogen-bond donors (Lipinski definition) is 0. The van der Waals surface area contributed by atoms with Gasteiger partial charge in [-0.1, -0.05) is 18.2 Å². The highest BCUT2D eigenvalue weighted by atomic mass is 16.5. The van der Waals surface area contributed by atoms with Gasteiger partial charge in [0.15, 0.2) is 6.61 Å². The van der Waals surface area contributed by atoms with Crippen LogP contribution in [0.4, 0.5) is 11.8 Å². The molecule has 2 fully saturated rings. The Hall–Kier alpha value is -2.83. The minimum Gasteiger partial charge on any atom is -0.484 e. The summed E-state index contributed by atoms with van der Waals surface area (Å²) in [6.45, 7) is 7.03. The minimum atomic E-state index is 0.0210. The zero-order valence-electron chi connectivity index (χ0n) is 17.1. The summed E-state index contributed by atoms with van der Waals surface area (Å²) in [4.78, 5) is 28.4. The Balaban J connectivity index is 1.33. The first-order valence-electron chi connectivity index (χ1n) is 10.5. The fourth-order valence-corrected chi connectivity index (χ4v) is 3.87. The van der Waals surface area contributed by atoms with Crippen molar-refractivity contribution >= 4 is 17.7 Å². The summed E-state index contributed by atoms with van der Waals surface area (Å²) >= 11 is 0. The van der Waals surface area contributed by atoms with E-state index in [0.29, 0.717) is 13.1 Å². The van der Waals surface area contributed by atoms with Gasteiger partial charge in [0.2, 0.25) is 5.95 Å². The van der Waals surface area contributed by atoms with Crippen molar-refractivity contribution in [3.63, 3.8) is 0 Å². The fourth-order valence-electron chi connectivity index (χ4n) is 3.87. The van der Waals surface area contributed by atoms with Gasteiger partial charge in [-0.25, -0.2) is 4.98 Å². The monoisotopic (exact) mass is 395 g/mol. The molecule has 7 nitrogen and oxygen atoms in total. The lowest BCUT2D eigenvalue weighted by atomic mass is 10.1. The number of carbonyl (C=O) groups is 1. The number of hydrogen-bond acceptors (Lipinski definition) is 6. The van der Waals surface area contributed by atoms with Crippen LogP contribution in [-0.2, 0) is 4.79 Å². The van der Waals surface area contributed by atoms with E-state index >= 15 is 0 Å². The smallest absolute Gasteiger partial charge is 0.260 e. The number of piperazine rings is 1. The Labute approximate surface area is 172 Å². The van der Waals surface area contributed by atoms with Crippen molar-refractivity contribution in [3.05, 3.63) is 42.1 Å². The van der Waals surface area contributed by atoms with Crippen LogP contribution in [0.25, 0.3) is 0 Å². The van der Waals surface area contributed by atoms with E-state index in [9.17, 15) is 4.79 Å². The van der Waals surface area contributed by atoms with E-state index in [1.807, 2.05) is 42.2 Å². The van der Waals surface area contributed by atoms with Crippen molar-refractivity contribution in [2.45, 2.75) is 26.2 Å². The van der Waals surface area contributed by atoms with E-state index in [-0.39, 0.29) is 12.5 Å². The number of aryl methyl sites for hydroxylation is 1. The van der Waals surface area contributed by atoms with Crippen LogP contribution in [0, 0.1) is 6.92 Å². The Morgan fingerprint density at radius 2 is 1.66 bits per heavy atom. The van der Waals surface area contributed by atoms with Crippen LogP contribution in [0.3, 0.4) is 0 Å². The standard InChI is InChI=1S/C22H29N5O2/c1-18-16-20(25-10-6-3-7-11-25)24-22(23-18)27-14-12-26(13-15-27)21(28)17-29-19-8-4-2-5-9-19/h2,4-5,8-9,16H,3,6-7,10-15,17H2,1H3. The molecule has 7 heteroatoms. The number of anilines is 2. The van der Waals surface area contributed by atoms with Gasteiger partial charge in [0.1, 0.15) is 11.6 Å². The van der Waals surface area contributed by atoms with Gasteiger partial charge in [0.25, 0.3) is 5.91 Å². The van der Waals surface area contributed by atoms with E-state index in [1.54, 1.807) is 0 Å². The second-order valence-electron chi connectivity index (χ2n) is 7.68. The molecule has 2 saturated heterocycles. The number of aromatic nitrogens is 2. The molecule has 0 radical (unpaired) electrons. The molecule has 4 rings (SSSR count). The number of nitrogens with zero attached hydrogens (tertiary/aromatic N) is 5. The van der Waals surface area contributed by atoms with Crippen molar-refractivity contribution in [3.8, 4) is 5.75 Å². The third-order valence-electron chi connectivity index (χ3n) is 5.53. The number of para-hydroxylation sites is 1. The quantitative estimate of drug-likeness (QED) is 0.775. The predicted octanol–water partition coefficient (Wildman–Crippen LogP) is 2.50. The molecule has 0 atom stereocenters. The molecule has 1 amide bonds. The summed E-state index contributed by atoms with van der Waals surface area (Å²) in [5.41, 5.74) is 0.991. The maximum atomic E-state index is 12.5. The molecular weight excluding hydrogens is 366 g/mol. The van der Waals surface area contributed by atoms with Crippen LogP contribution >= 0.6 is 0 Å². The molecule has 2 aliphatic heterocycles. The van der Waals surface area contributed by atoms with Crippen LogP contribution < -0.4 is 14.5 Å². The number of carbonyl (C=O) groups excluding carboxylic acids is 1. The summed E-state index contributed by atoms with van der Waals surface area (Å²) in [6.07, 6.45) is 3.76. The largest absolute Gasteiger partial charge is 0.484 e. The van der Waals surface area contributed by atoms with Gasteiger partial charge in [-0.3, -0.25) is 4.79 Å². The summed E-state index contributed by atoms with van der Waals surface area (Å²) in [7, 11) is 0. The van der Waals surface area contributed by atoms with Crippen LogP contribution in [0.15, 0.2) is 36.4 Å². The molecule has 0 saturated carbocycles. The van der Waals surface area contributed by atoms with Gasteiger partial charge in [-0.05, 0) is 38.3 Å². The Bertz CT molecular complexity index is 815. The van der Waals surface area contributed by atoms with Crippen LogP contribution in [0.2, 0.25) is 0 Å². The van der Waals surface area contributed by atoms with E-state index < -0.39 is 0 Å². The lowest BCUT2D eigenvalue weighted by Crippen LogP contribution is -2.50. The highest BCUT2D eigenvalue weighted by Crippen LogP contribution is 2.22. The van der Waals surface area contributed by atoms with Gasteiger partial charge in [0, 0.05) is 51.0 Å². The van der Waals surface area contributed by atoms with Crippen molar-refractivity contribution < 1.29 is 9.53 Å². The molecule has 0 bridgehead atoms. The third-order valence-corrected chi connectivity index (χ3v) is 5.53. The average Bonchev–Trinajstić information content (AvgIpc) is 2.78. The highest BCUT2D eigenvalue weighted by molar-refractivity contribution is 5.78. The van der Waals surface area contributed by atoms with E-state index in [4.69, 9.17) is 9.72 Å². The zero-order chi connectivity index (χ0) is 20.1. The lowest BCUT2D eigenvalue weighted by molar-refractivity contribution is -0.133. The van der Waals surface area contributed by atoms with Crippen LogP contribution in [0.5, 0.6) is 5.75 Å². The van der Waals surface area contributed by atoms with Crippen LogP contribution in [-0.4, -0.2) is 66.7 Å². The lowest BCUT2D eigenvalue weighted by Gasteiger charge is -2.35. The summed E-state index contributed by atoms with van der Waals surface area (Å²) in [5, 5.41) is 0. The third kappa shape index (κ3) is 4.96. The summed E-state index contributed by atoms with van der Waals surface area (Å²) < 4.78 is 5.60. The normalized spacial score (nSPS) is 17.3. The number of rotatable bonds is 5. The maximum Gasteiger partial charge on any atom is 0.260 e. The Morgan fingerprint density at radius 3 is 2.38 bits per heavy atom. The molecule has 2 aliphatic rings. The molecular formula is C22H29N5O2. The van der Waals surface area contributed by atoms with Gasteiger partial charge in [-0.15, -0.1) is 0 Å². The fraction of sp³-hybridized carbons (Fsp3) is 0.500. The molecule has 1 aromatic carbocycles. The topological polar surface area (TPSA) is 61.8 Å². The average molecular weight is 396 g/mol. The van der Waals surface area contributed by atoms with Gasteiger partial charge < -0.3 is 19.4 Å². The molecule has 154 valence electrons. The van der Waals surface area contributed by atoms with E-state index in [0.717, 1.165) is 49.4 Å². The molecule has 0 spiro atoms. The second kappa shape index (κ2) is 9.11. The number of benzene rings is 1. The van der Waals surface area contributed by atoms with Crippen molar-refractivity contribution in [2.24, 2.45) is 0 Å². The first kappa shape index (κ1) is 19.5. The second-order valence-corrected chi connectivity index (χ2v) is 7.68. The van der Waals surface area contributed by atoms with Crippen molar-refractivity contribution in [2.75, 3.05) is 55.7 Å². The first-order chi connectivity index (χ1) is 14.2. The first-order valence-corrected chi connectivity index (χ1v) is 10.5. The molecule has 2 aromatic rings. The molecule has 0 unspecified atom stereocenters. The van der Waals surface area contributed by atoms with Gasteiger partial charge in [0.05, 0.1) is 0 Å². The van der Waals surface area contributed by atoms with Crippen LogP contribution in [0.1, 0.15) is 25.0 Å². The van der Waals surface area contributed by atoms with Crippen molar-refractivity contribution in [1.29, 1.82) is 0 Å². The molecule has 0 N–H and O–H groups in total. The Morgan fingerprint density at radius 1 is 0.931 bits per heavy atom. The van der Waals surface area contributed by atoms with Gasteiger partial charge >= 0.3 is 0 Å². The van der Waals surface area contributed by atoms with E-state index in [1.165, 1.54) is 19.3 Å². The predicted molar refractivity (Wildman–Crippen MR) is 114 cm³/mol. The van der Waals surface area contributed by atoms with Crippen molar-refractivity contribution in [1.82, 2.24) is 14.9 Å².